The van der Waals surface area contributed by atoms with Crippen LogP contribution in [0.4, 0.5) is 0 Å². The summed E-state index contributed by atoms with van der Waals surface area (Å²) in [4.78, 5) is 25.6. The fourth-order valence-corrected chi connectivity index (χ4v) is 8.77. The van der Waals surface area contributed by atoms with Gasteiger partial charge in [0.25, 0.3) is 0 Å². The second-order valence-corrected chi connectivity index (χ2v) is 20.2. The van der Waals surface area contributed by atoms with Crippen LogP contribution in [0, 0.1) is 0 Å². The number of hydrogen-bond acceptors (Lipinski definition) is 5. The summed E-state index contributed by atoms with van der Waals surface area (Å²) in [6.45, 7) is 7.82. The van der Waals surface area contributed by atoms with Gasteiger partial charge in [-0.1, -0.05) is 249 Å². The topological polar surface area (TPSA) is 61.8 Å². The second-order valence-electron chi connectivity index (χ2n) is 20.2. The SMILES string of the molecule is CCCCC/C=C\C/C=C\CCCCCCCCCCCC(=O)OCC(COCCCCCCCC/C=C\CCCCCC)OC(=O)CCCCCCCCCCC/C=C\CCCCCCCC. The second kappa shape index (κ2) is 59.2. The van der Waals surface area contributed by atoms with E-state index in [-0.39, 0.29) is 25.2 Å². The summed E-state index contributed by atoms with van der Waals surface area (Å²) in [6.07, 6.45) is 74.2. The number of allylic oxidation sites excluding steroid dienone is 8. The first-order valence-electron chi connectivity index (χ1n) is 30.2. The van der Waals surface area contributed by atoms with Crippen LogP contribution in [0.15, 0.2) is 48.6 Å². The highest BCUT2D eigenvalue weighted by Crippen LogP contribution is 2.16. The summed E-state index contributed by atoms with van der Waals surface area (Å²) < 4.78 is 17.5. The van der Waals surface area contributed by atoms with Crippen molar-refractivity contribution in [1.82, 2.24) is 0 Å². The quantitative estimate of drug-likeness (QED) is 0.0345. The van der Waals surface area contributed by atoms with Crippen LogP contribution in [0.25, 0.3) is 0 Å². The van der Waals surface area contributed by atoms with E-state index in [1.807, 2.05) is 0 Å². The molecular weight excluding hydrogens is 837 g/mol. The standard InChI is InChI=1S/C63H116O5/c1-4-7-10-13-16-19-22-25-28-30-32-34-36-38-41-44-47-50-53-56-62(64)67-60-61(59-66-58-55-52-49-46-43-40-27-24-21-18-15-12-9-6-3)68-63(65)57-54-51-48-45-42-39-37-35-33-31-29-26-23-20-17-14-11-8-5-2/h16,19,21,24-26,28-29,61H,4-15,17-18,20,22-23,27,30-60H2,1-3H3/b19-16-,24-21-,28-25-,29-26-. The summed E-state index contributed by atoms with van der Waals surface area (Å²) >= 11 is 0. The van der Waals surface area contributed by atoms with E-state index in [0.717, 1.165) is 44.9 Å². The van der Waals surface area contributed by atoms with Crippen molar-refractivity contribution >= 4 is 11.9 Å². The van der Waals surface area contributed by atoms with Gasteiger partial charge in [-0.2, -0.15) is 0 Å². The summed E-state index contributed by atoms with van der Waals surface area (Å²) in [6, 6.07) is 0. The van der Waals surface area contributed by atoms with Gasteiger partial charge in [-0.05, 0) is 103 Å². The number of ether oxygens (including phenoxy) is 3. The third kappa shape index (κ3) is 56.4. The number of carbonyl (C=O) groups is 2. The Labute approximate surface area is 424 Å². The van der Waals surface area contributed by atoms with Crippen molar-refractivity contribution in [2.24, 2.45) is 0 Å². The maximum Gasteiger partial charge on any atom is 0.306 e. The van der Waals surface area contributed by atoms with Gasteiger partial charge in [-0.25, -0.2) is 0 Å². The Morgan fingerprint density at radius 3 is 1.03 bits per heavy atom. The lowest BCUT2D eigenvalue weighted by Gasteiger charge is -2.18. The van der Waals surface area contributed by atoms with E-state index in [4.69, 9.17) is 14.2 Å². The highest BCUT2D eigenvalue weighted by molar-refractivity contribution is 5.70. The van der Waals surface area contributed by atoms with Crippen molar-refractivity contribution in [2.45, 2.75) is 322 Å². The molecule has 1 atom stereocenters. The number of esters is 2. The van der Waals surface area contributed by atoms with Crippen LogP contribution in [0.5, 0.6) is 0 Å². The van der Waals surface area contributed by atoms with Crippen LogP contribution in [-0.4, -0.2) is 37.9 Å². The van der Waals surface area contributed by atoms with Gasteiger partial charge in [0.2, 0.25) is 0 Å². The first-order chi connectivity index (χ1) is 33.6. The van der Waals surface area contributed by atoms with E-state index in [1.54, 1.807) is 0 Å². The van der Waals surface area contributed by atoms with Crippen LogP contribution in [0.3, 0.4) is 0 Å². The third-order valence-electron chi connectivity index (χ3n) is 13.3. The predicted molar refractivity (Wildman–Crippen MR) is 298 cm³/mol. The van der Waals surface area contributed by atoms with E-state index in [0.29, 0.717) is 19.4 Å². The lowest BCUT2D eigenvalue weighted by Crippen LogP contribution is -2.30. The van der Waals surface area contributed by atoms with E-state index in [9.17, 15) is 9.59 Å². The monoisotopic (exact) mass is 953 g/mol. The number of rotatable bonds is 56. The Kier molecular flexibility index (Phi) is 57.3. The minimum Gasteiger partial charge on any atom is -0.462 e. The van der Waals surface area contributed by atoms with Crippen molar-refractivity contribution in [3.63, 3.8) is 0 Å². The molecule has 0 heterocycles. The predicted octanol–water partition coefficient (Wildman–Crippen LogP) is 20.7. The Morgan fingerprint density at radius 2 is 0.618 bits per heavy atom. The van der Waals surface area contributed by atoms with Gasteiger partial charge in [0.1, 0.15) is 6.61 Å². The molecular formula is C63H116O5. The first-order valence-corrected chi connectivity index (χ1v) is 30.2. The van der Waals surface area contributed by atoms with Gasteiger partial charge in [-0.15, -0.1) is 0 Å². The zero-order chi connectivity index (χ0) is 49.2. The van der Waals surface area contributed by atoms with Gasteiger partial charge in [0.05, 0.1) is 6.61 Å². The minimum atomic E-state index is -0.541. The van der Waals surface area contributed by atoms with Crippen LogP contribution >= 0.6 is 0 Å². The largest absolute Gasteiger partial charge is 0.462 e. The molecule has 0 aliphatic heterocycles. The molecule has 0 spiro atoms. The molecule has 0 saturated heterocycles. The number of hydrogen-bond donors (Lipinski definition) is 0. The molecule has 0 aromatic rings. The van der Waals surface area contributed by atoms with Gasteiger partial charge < -0.3 is 14.2 Å². The van der Waals surface area contributed by atoms with Crippen molar-refractivity contribution in [3.05, 3.63) is 48.6 Å². The lowest BCUT2D eigenvalue weighted by atomic mass is 10.1. The summed E-state index contributed by atoms with van der Waals surface area (Å²) in [5, 5.41) is 0. The van der Waals surface area contributed by atoms with Gasteiger partial charge in [0.15, 0.2) is 6.10 Å². The average molecular weight is 954 g/mol. The summed E-state index contributed by atoms with van der Waals surface area (Å²) in [5.41, 5.74) is 0. The zero-order valence-corrected chi connectivity index (χ0v) is 45.9. The van der Waals surface area contributed by atoms with Crippen molar-refractivity contribution in [2.75, 3.05) is 19.8 Å². The molecule has 0 aromatic carbocycles. The number of carbonyl (C=O) groups excluding carboxylic acids is 2. The lowest BCUT2D eigenvalue weighted by molar-refractivity contribution is -0.163. The first kappa shape index (κ1) is 65.9. The molecule has 0 amide bonds. The molecule has 0 fully saturated rings. The molecule has 0 saturated carbocycles. The Balaban J connectivity index is 4.24. The Hall–Kier alpha value is -2.14. The fraction of sp³-hybridized carbons (Fsp3) is 0.841. The Morgan fingerprint density at radius 1 is 0.324 bits per heavy atom. The van der Waals surface area contributed by atoms with E-state index in [1.165, 1.54) is 238 Å². The van der Waals surface area contributed by atoms with Crippen LogP contribution < -0.4 is 0 Å². The Bertz CT molecular complexity index is 1120. The molecule has 0 aliphatic rings. The molecule has 0 radical (unpaired) electrons. The van der Waals surface area contributed by atoms with E-state index in [2.05, 4.69) is 69.4 Å². The maximum atomic E-state index is 12.9. The van der Waals surface area contributed by atoms with Crippen LogP contribution in [0.2, 0.25) is 0 Å². The molecule has 0 aliphatic carbocycles. The highest BCUT2D eigenvalue weighted by atomic mass is 16.6. The summed E-state index contributed by atoms with van der Waals surface area (Å²) in [5.74, 6) is -0.392. The fourth-order valence-electron chi connectivity index (χ4n) is 8.77. The van der Waals surface area contributed by atoms with Gasteiger partial charge in [0, 0.05) is 19.4 Å². The molecule has 5 nitrogen and oxygen atoms in total. The average Bonchev–Trinajstić information content (AvgIpc) is 3.34. The summed E-state index contributed by atoms with van der Waals surface area (Å²) in [7, 11) is 0. The van der Waals surface area contributed by atoms with Gasteiger partial charge >= 0.3 is 11.9 Å². The highest BCUT2D eigenvalue weighted by Gasteiger charge is 2.17. The molecule has 0 aromatic heterocycles. The van der Waals surface area contributed by atoms with Gasteiger partial charge in [-0.3, -0.25) is 9.59 Å². The molecule has 1 unspecified atom stereocenters. The molecule has 0 N–H and O–H groups in total. The minimum absolute atomic E-state index is 0.0825. The van der Waals surface area contributed by atoms with Crippen LogP contribution in [0.1, 0.15) is 316 Å². The van der Waals surface area contributed by atoms with Crippen molar-refractivity contribution in [3.8, 4) is 0 Å². The zero-order valence-electron chi connectivity index (χ0n) is 45.9. The smallest absolute Gasteiger partial charge is 0.306 e. The van der Waals surface area contributed by atoms with E-state index < -0.39 is 6.10 Å². The molecule has 398 valence electrons. The molecule has 0 rings (SSSR count). The molecule has 0 bridgehead atoms. The van der Waals surface area contributed by atoms with Crippen molar-refractivity contribution in [1.29, 1.82) is 0 Å². The number of unbranched alkanes of at least 4 members (excludes halogenated alkanes) is 37. The van der Waals surface area contributed by atoms with Crippen molar-refractivity contribution < 1.29 is 23.8 Å². The van der Waals surface area contributed by atoms with Crippen LogP contribution in [-0.2, 0) is 23.8 Å². The maximum absolute atomic E-state index is 12.9. The van der Waals surface area contributed by atoms with E-state index >= 15 is 0 Å². The molecule has 5 heteroatoms. The molecule has 68 heavy (non-hydrogen) atoms. The third-order valence-corrected chi connectivity index (χ3v) is 13.3. The normalized spacial score (nSPS) is 12.5.